The summed E-state index contributed by atoms with van der Waals surface area (Å²) in [6.07, 6.45) is 3.96. The quantitative estimate of drug-likeness (QED) is 0.0775. The maximum Gasteiger partial charge on any atom is 0.340 e. The molecule has 0 saturated heterocycles. The molecular weight excluding hydrogens is 1150 g/mol. The zero-order valence-corrected chi connectivity index (χ0v) is 55.0. The fourth-order valence-corrected chi connectivity index (χ4v) is 14.9. The molecule has 93 heavy (non-hydrogen) atoms. The number of anilines is 8. The standard InChI is InChI=1S/C83H80N4O6/c1-11-15-45-86(73-51-69-75(47-55(73)7)90-77-49-61(84(13-3)71-31-23-17-25-53(71)5)41-43-67(77)82(69)65-29-21-19-27-63(65)79(88)92-82)59-37-33-57(34-38-59)81(9,10)58-35-39-60(40-36-58)87(46-16-12-2)74-52-70-76(48-56(74)8)91-78-50-62(85(14-4)72-32-24-18-26-54(72)6)42-44-68(78)83(70)66-30-22-20-28-64(66)80(89)93-83/h17-44,47-52H,11-16,45-46H2,1-10H3. The van der Waals surface area contributed by atoms with Crippen LogP contribution in [0.4, 0.5) is 45.5 Å². The summed E-state index contributed by atoms with van der Waals surface area (Å²) in [7, 11) is 0. The van der Waals surface area contributed by atoms with E-state index in [1.54, 1.807) is 0 Å². The Bertz CT molecular complexity index is 4280. The van der Waals surface area contributed by atoms with E-state index in [0.29, 0.717) is 34.1 Å². The van der Waals surface area contributed by atoms with Gasteiger partial charge in [-0.3, -0.25) is 0 Å². The van der Waals surface area contributed by atoms with Crippen molar-refractivity contribution >= 4 is 57.4 Å². The van der Waals surface area contributed by atoms with Crippen LogP contribution in [0.3, 0.4) is 0 Å². The smallest absolute Gasteiger partial charge is 0.340 e. The molecule has 4 heterocycles. The number of rotatable bonds is 18. The molecule has 10 nitrogen and oxygen atoms in total. The van der Waals surface area contributed by atoms with Crippen molar-refractivity contribution in [3.8, 4) is 23.0 Å². The van der Waals surface area contributed by atoms with Gasteiger partial charge in [0.15, 0.2) is 11.2 Å². The Morgan fingerprint density at radius 3 is 1.11 bits per heavy atom. The van der Waals surface area contributed by atoms with Gasteiger partial charge in [0.1, 0.15) is 23.0 Å². The SMILES string of the molecule is CCCCN(c1ccc(C(C)(C)c2ccc(N(CCCC)c3cc4c(cc3C)Oc3cc(N(CC)c5ccccc5C)ccc3C43OC(=O)c4ccccc43)cc2)cc1)c1cc2c(cc1C)Oc1cc(N(CC)c3ccccc3C)ccc1C21OC(=O)c2ccccc21. The first-order valence-electron chi connectivity index (χ1n) is 33.2. The van der Waals surface area contributed by atoms with Crippen molar-refractivity contribution in [2.45, 2.75) is 112 Å². The van der Waals surface area contributed by atoms with E-state index in [4.69, 9.17) is 18.9 Å². The van der Waals surface area contributed by atoms with Crippen molar-refractivity contribution in [1.82, 2.24) is 0 Å². The van der Waals surface area contributed by atoms with Crippen LogP contribution in [0.1, 0.15) is 155 Å². The molecule has 2 atom stereocenters. The third kappa shape index (κ3) is 9.90. The maximum atomic E-state index is 14.1. The number of nitrogens with zero attached hydrogens (tertiary/aromatic N) is 4. The first kappa shape index (κ1) is 60.5. The zero-order valence-electron chi connectivity index (χ0n) is 55.0. The molecule has 2 spiro atoms. The van der Waals surface area contributed by atoms with E-state index in [1.807, 2.05) is 48.5 Å². The Morgan fingerprint density at radius 2 is 0.720 bits per heavy atom. The second-order valence-electron chi connectivity index (χ2n) is 25.9. The van der Waals surface area contributed by atoms with Gasteiger partial charge in [0.25, 0.3) is 0 Å². The van der Waals surface area contributed by atoms with E-state index in [-0.39, 0.29) is 17.4 Å². The number of unbranched alkanes of at least 4 members (excludes halogenated alkanes) is 2. The molecule has 0 radical (unpaired) electrons. The van der Waals surface area contributed by atoms with Gasteiger partial charge in [0, 0.05) is 123 Å². The van der Waals surface area contributed by atoms with Crippen LogP contribution in [0.5, 0.6) is 23.0 Å². The molecule has 0 fully saturated rings. The minimum atomic E-state index is -1.24. The number of benzene rings is 10. The van der Waals surface area contributed by atoms with E-state index in [2.05, 4.69) is 247 Å². The molecule has 0 bridgehead atoms. The molecule has 10 aromatic carbocycles. The molecule has 468 valence electrons. The second-order valence-corrected chi connectivity index (χ2v) is 25.9. The predicted octanol–water partition coefficient (Wildman–Crippen LogP) is 20.6. The molecule has 4 aliphatic rings. The van der Waals surface area contributed by atoms with Gasteiger partial charge in [-0.1, -0.05) is 138 Å². The summed E-state index contributed by atoms with van der Waals surface area (Å²) in [5.74, 6) is 1.94. The number of hydrogen-bond acceptors (Lipinski definition) is 10. The lowest BCUT2D eigenvalue weighted by atomic mass is 9.77. The minimum absolute atomic E-state index is 0.353. The molecule has 2 unspecified atom stereocenters. The van der Waals surface area contributed by atoms with Gasteiger partial charge in [-0.05, 0) is 185 Å². The molecule has 0 amide bonds. The summed E-state index contributed by atoms with van der Waals surface area (Å²) in [5, 5.41) is 0. The second kappa shape index (κ2) is 23.9. The molecular formula is C83H80N4O6. The summed E-state index contributed by atoms with van der Waals surface area (Å²) in [5.41, 5.74) is 18.3. The average molecular weight is 1230 g/mol. The summed E-state index contributed by atoms with van der Waals surface area (Å²) in [4.78, 5) is 37.7. The van der Waals surface area contributed by atoms with Gasteiger partial charge in [0.2, 0.25) is 0 Å². The van der Waals surface area contributed by atoms with E-state index in [0.717, 1.165) is 142 Å². The fraction of sp³-hybridized carbons (Fsp3) is 0.253. The van der Waals surface area contributed by atoms with Gasteiger partial charge >= 0.3 is 11.9 Å². The Kier molecular flexibility index (Phi) is 15.5. The topological polar surface area (TPSA) is 84.0 Å². The van der Waals surface area contributed by atoms with Crippen molar-refractivity contribution < 1.29 is 28.5 Å². The number of para-hydroxylation sites is 2. The van der Waals surface area contributed by atoms with Gasteiger partial charge in [-0.2, -0.15) is 0 Å². The Labute approximate surface area is 547 Å². The predicted molar refractivity (Wildman–Crippen MR) is 375 cm³/mol. The molecule has 0 saturated carbocycles. The Hall–Kier alpha value is -10.1. The maximum absolute atomic E-state index is 14.1. The molecule has 0 aliphatic carbocycles. The first-order valence-corrected chi connectivity index (χ1v) is 33.2. The molecule has 0 N–H and O–H groups in total. The minimum Gasteiger partial charge on any atom is -0.456 e. The van der Waals surface area contributed by atoms with Crippen LogP contribution in [-0.4, -0.2) is 38.1 Å². The summed E-state index contributed by atoms with van der Waals surface area (Å²) in [6.45, 7) is 25.0. The monoisotopic (exact) mass is 1230 g/mol. The molecule has 14 rings (SSSR count). The number of fused-ring (bicyclic) bond motifs is 12. The van der Waals surface area contributed by atoms with Gasteiger partial charge in [-0.15, -0.1) is 0 Å². The van der Waals surface area contributed by atoms with E-state index < -0.39 is 11.2 Å². The Balaban J connectivity index is 0.782. The lowest BCUT2D eigenvalue weighted by Crippen LogP contribution is -2.34. The van der Waals surface area contributed by atoms with Gasteiger partial charge < -0.3 is 38.5 Å². The normalized spacial score (nSPS) is 16.2. The van der Waals surface area contributed by atoms with Crippen molar-refractivity contribution in [3.63, 3.8) is 0 Å². The highest BCUT2D eigenvalue weighted by molar-refractivity contribution is 5.98. The van der Waals surface area contributed by atoms with E-state index >= 15 is 0 Å². The number of hydrogen-bond donors (Lipinski definition) is 0. The van der Waals surface area contributed by atoms with Crippen molar-refractivity contribution in [1.29, 1.82) is 0 Å². The lowest BCUT2D eigenvalue weighted by molar-refractivity contribution is 0.0214. The van der Waals surface area contributed by atoms with Crippen LogP contribution in [0.25, 0.3) is 0 Å². The third-order valence-corrected chi connectivity index (χ3v) is 19.9. The van der Waals surface area contributed by atoms with Crippen LogP contribution in [0.15, 0.2) is 206 Å². The average Bonchev–Trinajstić information content (AvgIpc) is 1.64. The summed E-state index contributed by atoms with van der Waals surface area (Å²) < 4.78 is 27.6. The number of ether oxygens (including phenoxy) is 4. The van der Waals surface area contributed by atoms with Crippen molar-refractivity contribution in [2.75, 3.05) is 45.8 Å². The molecule has 10 heteroatoms. The highest BCUT2D eigenvalue weighted by Gasteiger charge is 2.56. The van der Waals surface area contributed by atoms with Crippen LogP contribution in [0, 0.1) is 27.7 Å². The van der Waals surface area contributed by atoms with Crippen LogP contribution in [0.2, 0.25) is 0 Å². The highest BCUT2D eigenvalue weighted by atomic mass is 16.6. The molecule has 10 aromatic rings. The number of carbonyl (C=O) groups excluding carboxylic acids is 2. The van der Waals surface area contributed by atoms with E-state index in [1.165, 1.54) is 22.3 Å². The summed E-state index contributed by atoms with van der Waals surface area (Å²) in [6, 6.07) is 71.9. The zero-order chi connectivity index (χ0) is 64.5. The van der Waals surface area contributed by atoms with Gasteiger partial charge in [0.05, 0.1) is 11.1 Å². The number of carbonyl (C=O) groups is 2. The largest absolute Gasteiger partial charge is 0.456 e. The van der Waals surface area contributed by atoms with Crippen LogP contribution in [-0.2, 0) is 26.1 Å². The van der Waals surface area contributed by atoms with Crippen molar-refractivity contribution in [2.24, 2.45) is 0 Å². The first-order chi connectivity index (χ1) is 45.1. The van der Waals surface area contributed by atoms with Crippen molar-refractivity contribution in [3.05, 3.63) is 284 Å². The Morgan fingerprint density at radius 1 is 0.355 bits per heavy atom. The van der Waals surface area contributed by atoms with Gasteiger partial charge in [-0.25, -0.2) is 9.59 Å². The fourth-order valence-electron chi connectivity index (χ4n) is 14.9. The van der Waals surface area contributed by atoms with Crippen LogP contribution >= 0.6 is 0 Å². The molecule has 4 aliphatic heterocycles. The lowest BCUT2D eigenvalue weighted by Gasteiger charge is -2.39. The highest BCUT2D eigenvalue weighted by Crippen LogP contribution is 2.60. The molecule has 0 aromatic heterocycles. The number of aryl methyl sites for hydroxylation is 4. The summed E-state index contributed by atoms with van der Waals surface area (Å²) >= 11 is 0. The third-order valence-electron chi connectivity index (χ3n) is 19.9. The number of esters is 2. The van der Waals surface area contributed by atoms with Crippen LogP contribution < -0.4 is 29.1 Å². The van der Waals surface area contributed by atoms with E-state index in [9.17, 15) is 9.59 Å².